The van der Waals surface area contributed by atoms with Gasteiger partial charge in [0.25, 0.3) is 6.43 Å². The number of hydrogen-bond acceptors (Lipinski definition) is 1. The predicted octanol–water partition coefficient (Wildman–Crippen LogP) is 4.17. The van der Waals surface area contributed by atoms with Crippen molar-refractivity contribution in [3.8, 4) is 0 Å². The molecule has 0 aromatic carbocycles. The van der Waals surface area contributed by atoms with E-state index >= 15 is 0 Å². The third kappa shape index (κ3) is 2.73. The van der Waals surface area contributed by atoms with E-state index in [4.69, 9.17) is 11.6 Å². The monoisotopic (exact) mass is 381 g/mol. The van der Waals surface area contributed by atoms with Crippen LogP contribution in [-0.4, -0.2) is 4.98 Å². The fourth-order valence-electron chi connectivity index (χ4n) is 0.812. The molecule has 0 bridgehead atoms. The van der Waals surface area contributed by atoms with E-state index in [1.807, 2.05) is 22.6 Å². The fourth-order valence-corrected chi connectivity index (χ4v) is 1.87. The van der Waals surface area contributed by atoms with E-state index in [-0.39, 0.29) is 16.0 Å². The molecule has 0 fully saturated rings. The number of rotatable bonds is 2. The van der Waals surface area contributed by atoms with Gasteiger partial charge in [-0.05, 0) is 28.7 Å². The van der Waals surface area contributed by atoms with E-state index in [0.29, 0.717) is 9.26 Å². The normalized spacial score (nSPS) is 10.9. The van der Waals surface area contributed by atoms with Gasteiger partial charge in [0.1, 0.15) is 5.15 Å². The number of nitrogens with zero attached hydrogens (tertiary/aromatic N) is 1. The van der Waals surface area contributed by atoms with Gasteiger partial charge in [-0.3, -0.25) is 0 Å². The molecule has 6 heteroatoms. The van der Waals surface area contributed by atoms with Crippen molar-refractivity contribution in [1.29, 1.82) is 0 Å². The highest BCUT2D eigenvalue weighted by atomic mass is 127. The molecule has 0 amide bonds. The summed E-state index contributed by atoms with van der Waals surface area (Å²) in [7, 11) is 0. The van der Waals surface area contributed by atoms with Crippen LogP contribution in [0.5, 0.6) is 0 Å². The van der Waals surface area contributed by atoms with Crippen LogP contribution in [0.3, 0.4) is 0 Å². The first kappa shape index (κ1) is 11.6. The molecule has 0 aliphatic carbocycles. The van der Waals surface area contributed by atoms with Gasteiger partial charge in [-0.2, -0.15) is 0 Å². The van der Waals surface area contributed by atoms with Gasteiger partial charge in [0.05, 0.1) is 9.26 Å². The molecular formula is C7H4BrClF2IN. The van der Waals surface area contributed by atoms with E-state index in [2.05, 4.69) is 20.9 Å². The van der Waals surface area contributed by atoms with Gasteiger partial charge in [0.2, 0.25) is 0 Å². The quantitative estimate of drug-likeness (QED) is 0.425. The SMILES string of the molecule is FC(F)c1cc(I)c(Cl)nc1CBr. The Morgan fingerprint density at radius 1 is 1.62 bits per heavy atom. The van der Waals surface area contributed by atoms with Crippen LogP contribution in [0.2, 0.25) is 5.15 Å². The van der Waals surface area contributed by atoms with Crippen LogP contribution in [0.4, 0.5) is 8.78 Å². The number of halogens is 5. The molecule has 0 atom stereocenters. The molecule has 1 nitrogen and oxygen atoms in total. The maximum atomic E-state index is 12.4. The maximum Gasteiger partial charge on any atom is 0.265 e. The average molecular weight is 382 g/mol. The summed E-state index contributed by atoms with van der Waals surface area (Å²) in [5, 5.41) is 0.544. The summed E-state index contributed by atoms with van der Waals surface area (Å²) in [6, 6.07) is 1.36. The zero-order valence-electron chi connectivity index (χ0n) is 6.20. The highest BCUT2D eigenvalue weighted by Gasteiger charge is 2.15. The van der Waals surface area contributed by atoms with Crippen molar-refractivity contribution in [2.75, 3.05) is 0 Å². The standard InChI is InChI=1S/C7H4BrClF2IN/c8-2-5-3(7(10)11)1-4(12)6(9)13-5/h1,7H,2H2. The van der Waals surface area contributed by atoms with Crippen LogP contribution >= 0.6 is 50.1 Å². The minimum atomic E-state index is -2.51. The molecule has 72 valence electrons. The summed E-state index contributed by atoms with van der Waals surface area (Å²) in [6.07, 6.45) is -2.51. The van der Waals surface area contributed by atoms with E-state index in [0.717, 1.165) is 0 Å². The molecule has 0 saturated heterocycles. The molecule has 0 saturated carbocycles. The topological polar surface area (TPSA) is 12.9 Å². The van der Waals surface area contributed by atoms with E-state index in [1.165, 1.54) is 6.07 Å². The molecule has 0 aliphatic heterocycles. The van der Waals surface area contributed by atoms with Gasteiger partial charge < -0.3 is 0 Å². The predicted molar refractivity (Wildman–Crippen MR) is 59.6 cm³/mol. The Kier molecular flexibility index (Phi) is 4.31. The Morgan fingerprint density at radius 2 is 2.23 bits per heavy atom. The fraction of sp³-hybridized carbons (Fsp3) is 0.286. The van der Waals surface area contributed by atoms with Crippen molar-refractivity contribution in [3.05, 3.63) is 26.0 Å². The summed E-state index contributed by atoms with van der Waals surface area (Å²) in [5.74, 6) is 0. The van der Waals surface area contributed by atoms with Crippen LogP contribution in [0.1, 0.15) is 17.7 Å². The highest BCUT2D eigenvalue weighted by molar-refractivity contribution is 14.1. The second-order valence-electron chi connectivity index (χ2n) is 2.23. The first-order valence-electron chi connectivity index (χ1n) is 3.25. The highest BCUT2D eigenvalue weighted by Crippen LogP contribution is 2.28. The van der Waals surface area contributed by atoms with Crippen LogP contribution in [0, 0.1) is 3.57 Å². The number of aromatic nitrogens is 1. The molecule has 1 aromatic heterocycles. The summed E-state index contributed by atoms with van der Waals surface area (Å²) in [4.78, 5) is 3.84. The third-order valence-corrected chi connectivity index (χ3v) is 3.37. The second-order valence-corrected chi connectivity index (χ2v) is 4.31. The molecule has 0 radical (unpaired) electrons. The second kappa shape index (κ2) is 4.84. The molecule has 0 aliphatic rings. The van der Waals surface area contributed by atoms with Crippen molar-refractivity contribution in [3.63, 3.8) is 0 Å². The molecule has 1 aromatic rings. The molecular weight excluding hydrogens is 378 g/mol. The van der Waals surface area contributed by atoms with Crippen LogP contribution in [0.25, 0.3) is 0 Å². The lowest BCUT2D eigenvalue weighted by molar-refractivity contribution is 0.150. The number of hydrogen-bond donors (Lipinski definition) is 0. The lowest BCUT2D eigenvalue weighted by Gasteiger charge is -2.06. The first-order chi connectivity index (χ1) is 6.06. The summed E-state index contributed by atoms with van der Waals surface area (Å²) >= 11 is 10.6. The van der Waals surface area contributed by atoms with Crippen molar-refractivity contribution < 1.29 is 8.78 Å². The Hall–Kier alpha value is 0.510. The summed E-state index contributed by atoms with van der Waals surface area (Å²) in [6.45, 7) is 0. The van der Waals surface area contributed by atoms with Crippen LogP contribution in [-0.2, 0) is 5.33 Å². The molecule has 0 N–H and O–H groups in total. The maximum absolute atomic E-state index is 12.4. The van der Waals surface area contributed by atoms with E-state index in [9.17, 15) is 8.78 Å². The van der Waals surface area contributed by atoms with Crippen LogP contribution < -0.4 is 0 Å². The third-order valence-electron chi connectivity index (χ3n) is 1.41. The van der Waals surface area contributed by atoms with Crippen molar-refractivity contribution in [2.45, 2.75) is 11.8 Å². The largest absolute Gasteiger partial charge is 0.265 e. The van der Waals surface area contributed by atoms with Gasteiger partial charge >= 0.3 is 0 Å². The number of pyridine rings is 1. The smallest absolute Gasteiger partial charge is 0.239 e. The zero-order valence-corrected chi connectivity index (χ0v) is 10.7. The Labute approximate surface area is 101 Å². The molecule has 13 heavy (non-hydrogen) atoms. The van der Waals surface area contributed by atoms with Crippen molar-refractivity contribution in [2.24, 2.45) is 0 Å². The Morgan fingerprint density at radius 3 is 2.69 bits per heavy atom. The Bertz CT molecular complexity index is 322. The number of alkyl halides is 3. The van der Waals surface area contributed by atoms with Crippen LogP contribution in [0.15, 0.2) is 6.07 Å². The Balaban J connectivity index is 3.25. The summed E-state index contributed by atoms with van der Waals surface area (Å²) < 4.78 is 25.4. The average Bonchev–Trinajstić information content (AvgIpc) is 2.08. The van der Waals surface area contributed by atoms with E-state index < -0.39 is 6.43 Å². The molecule has 1 heterocycles. The van der Waals surface area contributed by atoms with Crippen molar-refractivity contribution >= 4 is 50.1 Å². The lowest BCUT2D eigenvalue weighted by Crippen LogP contribution is -1.98. The van der Waals surface area contributed by atoms with Gasteiger partial charge in [0, 0.05) is 10.9 Å². The lowest BCUT2D eigenvalue weighted by atomic mass is 10.2. The van der Waals surface area contributed by atoms with E-state index in [1.54, 1.807) is 0 Å². The minimum Gasteiger partial charge on any atom is -0.239 e. The molecule has 0 spiro atoms. The van der Waals surface area contributed by atoms with Gasteiger partial charge in [-0.15, -0.1) is 0 Å². The van der Waals surface area contributed by atoms with Gasteiger partial charge in [-0.25, -0.2) is 13.8 Å². The molecule has 0 unspecified atom stereocenters. The zero-order chi connectivity index (χ0) is 10.0. The van der Waals surface area contributed by atoms with Gasteiger partial charge in [-0.1, -0.05) is 27.5 Å². The minimum absolute atomic E-state index is 0.0642. The summed E-state index contributed by atoms with van der Waals surface area (Å²) in [5.41, 5.74) is 0.228. The van der Waals surface area contributed by atoms with Gasteiger partial charge in [0.15, 0.2) is 0 Å². The molecule has 1 rings (SSSR count). The first-order valence-corrected chi connectivity index (χ1v) is 5.83. The van der Waals surface area contributed by atoms with Crippen molar-refractivity contribution in [1.82, 2.24) is 4.98 Å².